The third-order valence-electron chi connectivity index (χ3n) is 2.71. The van der Waals surface area contributed by atoms with Crippen molar-refractivity contribution in [1.29, 1.82) is 0 Å². The van der Waals surface area contributed by atoms with Gasteiger partial charge in [-0.15, -0.1) is 0 Å². The first-order valence-electron chi connectivity index (χ1n) is 6.57. The molecule has 3 N–H and O–H groups in total. The summed E-state index contributed by atoms with van der Waals surface area (Å²) in [5, 5.41) is 4.22. The number of nitrogens with zero attached hydrogens (tertiary/aromatic N) is 4. The van der Waals surface area contributed by atoms with Crippen molar-refractivity contribution >= 4 is 5.82 Å². The fraction of sp³-hybridized carbons (Fsp3) is 0.462. The Morgan fingerprint density at radius 3 is 2.55 bits per heavy atom. The molecule has 0 atom stereocenters. The van der Waals surface area contributed by atoms with Gasteiger partial charge in [-0.2, -0.15) is 10.1 Å². The van der Waals surface area contributed by atoms with Gasteiger partial charge in [0.1, 0.15) is 11.6 Å². The molecule has 0 fully saturated rings. The Morgan fingerprint density at radius 1 is 1.25 bits per heavy atom. The van der Waals surface area contributed by atoms with Gasteiger partial charge in [0.2, 0.25) is 5.88 Å². The number of nitrogen functional groups attached to an aromatic ring is 1. The molecule has 108 valence electrons. The van der Waals surface area contributed by atoms with Crippen LogP contribution in [0.3, 0.4) is 0 Å². The fourth-order valence-electron chi connectivity index (χ4n) is 1.60. The molecule has 0 saturated heterocycles. The van der Waals surface area contributed by atoms with E-state index in [2.05, 4.69) is 34.3 Å². The number of rotatable bonds is 5. The highest BCUT2D eigenvalue weighted by Gasteiger charge is 2.10. The Kier molecular flexibility index (Phi) is 4.19. The van der Waals surface area contributed by atoms with Gasteiger partial charge in [0.25, 0.3) is 0 Å². The van der Waals surface area contributed by atoms with E-state index in [9.17, 15) is 0 Å². The molecule has 7 heteroatoms. The summed E-state index contributed by atoms with van der Waals surface area (Å²) in [5.41, 5.74) is 2.52. The topological polar surface area (TPSA) is 90.9 Å². The summed E-state index contributed by atoms with van der Waals surface area (Å²) in [6, 6.07) is 1.93. The molecule has 0 bridgehead atoms. The lowest BCUT2D eigenvalue weighted by Gasteiger charge is -2.09. The van der Waals surface area contributed by atoms with E-state index in [1.165, 1.54) is 0 Å². The minimum atomic E-state index is 0.184. The van der Waals surface area contributed by atoms with E-state index in [0.29, 0.717) is 23.3 Å². The third-order valence-corrected chi connectivity index (χ3v) is 2.71. The summed E-state index contributed by atoms with van der Waals surface area (Å²) >= 11 is 0. The van der Waals surface area contributed by atoms with E-state index < -0.39 is 0 Å². The molecule has 0 aromatic carbocycles. The average molecular weight is 276 g/mol. The fourth-order valence-corrected chi connectivity index (χ4v) is 1.60. The highest BCUT2D eigenvalue weighted by Crippen LogP contribution is 2.23. The maximum Gasteiger partial charge on any atom is 0.224 e. The maximum atomic E-state index is 5.71. The summed E-state index contributed by atoms with van der Waals surface area (Å²) in [6.07, 6.45) is 3.49. The van der Waals surface area contributed by atoms with Gasteiger partial charge in [-0.25, -0.2) is 10.8 Å². The first-order chi connectivity index (χ1) is 9.49. The van der Waals surface area contributed by atoms with Gasteiger partial charge in [-0.1, -0.05) is 13.8 Å². The Bertz CT molecular complexity index is 578. The molecule has 2 aromatic heterocycles. The van der Waals surface area contributed by atoms with Crippen molar-refractivity contribution in [1.82, 2.24) is 19.7 Å². The monoisotopic (exact) mass is 276 g/mol. The summed E-state index contributed by atoms with van der Waals surface area (Å²) in [4.78, 5) is 8.64. The lowest BCUT2D eigenvalue weighted by atomic mass is 10.2. The summed E-state index contributed by atoms with van der Waals surface area (Å²) in [6.45, 7) is 8.12. The lowest BCUT2D eigenvalue weighted by Crippen LogP contribution is -2.11. The van der Waals surface area contributed by atoms with E-state index in [1.54, 1.807) is 12.3 Å². The van der Waals surface area contributed by atoms with Crippen LogP contribution in [-0.4, -0.2) is 19.7 Å². The average Bonchev–Trinajstić information content (AvgIpc) is 2.87. The predicted molar refractivity (Wildman–Crippen MR) is 76.6 cm³/mol. The quantitative estimate of drug-likeness (QED) is 0.644. The van der Waals surface area contributed by atoms with Gasteiger partial charge < -0.3 is 10.2 Å². The number of hydrazine groups is 1. The Labute approximate surface area is 118 Å². The van der Waals surface area contributed by atoms with Crippen molar-refractivity contribution in [3.63, 3.8) is 0 Å². The smallest absolute Gasteiger partial charge is 0.224 e. The zero-order chi connectivity index (χ0) is 14.7. The molecule has 7 nitrogen and oxygen atoms in total. The first kappa shape index (κ1) is 14.3. The molecule has 0 aliphatic carbocycles. The van der Waals surface area contributed by atoms with Crippen molar-refractivity contribution in [3.05, 3.63) is 24.3 Å². The van der Waals surface area contributed by atoms with Crippen molar-refractivity contribution in [2.45, 2.75) is 39.7 Å². The van der Waals surface area contributed by atoms with Crippen LogP contribution in [0.25, 0.3) is 0 Å². The highest BCUT2D eigenvalue weighted by atomic mass is 16.5. The predicted octanol–water partition coefficient (Wildman–Crippen LogP) is 2.46. The van der Waals surface area contributed by atoms with Gasteiger partial charge in [0, 0.05) is 18.0 Å². The maximum absolute atomic E-state index is 5.71. The van der Waals surface area contributed by atoms with Crippen molar-refractivity contribution in [3.8, 4) is 11.6 Å². The third kappa shape index (κ3) is 3.24. The van der Waals surface area contributed by atoms with E-state index >= 15 is 0 Å². The van der Waals surface area contributed by atoms with Gasteiger partial charge in [0.05, 0.1) is 12.4 Å². The molecule has 2 aromatic rings. The van der Waals surface area contributed by atoms with E-state index in [1.807, 2.05) is 24.7 Å². The Balaban J connectivity index is 2.25. The van der Waals surface area contributed by atoms with Gasteiger partial charge in [-0.3, -0.25) is 4.68 Å². The minimum absolute atomic E-state index is 0.184. The molecule has 0 radical (unpaired) electrons. The molecule has 0 spiro atoms. The molecule has 2 heterocycles. The van der Waals surface area contributed by atoms with Crippen LogP contribution in [0.2, 0.25) is 0 Å². The number of hydrogen-bond donors (Lipinski definition) is 2. The number of nitrogens with one attached hydrogen (secondary N) is 1. The highest BCUT2D eigenvalue weighted by molar-refractivity contribution is 5.38. The summed E-state index contributed by atoms with van der Waals surface area (Å²) < 4.78 is 7.53. The molecule has 20 heavy (non-hydrogen) atoms. The van der Waals surface area contributed by atoms with Crippen LogP contribution in [0.15, 0.2) is 18.5 Å². The van der Waals surface area contributed by atoms with Crippen LogP contribution >= 0.6 is 0 Å². The van der Waals surface area contributed by atoms with Crippen LogP contribution in [0.5, 0.6) is 11.6 Å². The molecule has 0 aliphatic rings. The molecule has 0 aliphatic heterocycles. The van der Waals surface area contributed by atoms with Gasteiger partial charge >= 0.3 is 0 Å². The first-order valence-corrected chi connectivity index (χ1v) is 6.57. The van der Waals surface area contributed by atoms with E-state index in [4.69, 9.17) is 10.6 Å². The number of ether oxygens (including phenoxy) is 1. The Morgan fingerprint density at radius 2 is 2.00 bits per heavy atom. The van der Waals surface area contributed by atoms with Crippen LogP contribution in [0.4, 0.5) is 5.82 Å². The second-order valence-corrected chi connectivity index (χ2v) is 5.10. The van der Waals surface area contributed by atoms with Crippen molar-refractivity contribution in [2.24, 2.45) is 5.84 Å². The van der Waals surface area contributed by atoms with Crippen LogP contribution < -0.4 is 16.0 Å². The van der Waals surface area contributed by atoms with Gasteiger partial charge in [0.15, 0.2) is 5.75 Å². The minimum Gasteiger partial charge on any atom is -0.436 e. The molecule has 0 saturated carbocycles. The SMILES string of the molecule is CC(C)c1nc(NN)cc(Oc2cnn(C(C)C)c2)n1. The molecule has 0 unspecified atom stereocenters. The van der Waals surface area contributed by atoms with Crippen LogP contribution in [0.1, 0.15) is 45.5 Å². The van der Waals surface area contributed by atoms with E-state index in [-0.39, 0.29) is 12.0 Å². The lowest BCUT2D eigenvalue weighted by molar-refractivity contribution is 0.454. The summed E-state index contributed by atoms with van der Waals surface area (Å²) in [7, 11) is 0. The van der Waals surface area contributed by atoms with Crippen LogP contribution in [-0.2, 0) is 0 Å². The molecular weight excluding hydrogens is 256 g/mol. The number of nitrogens with two attached hydrogens (primary N) is 1. The van der Waals surface area contributed by atoms with Crippen molar-refractivity contribution in [2.75, 3.05) is 5.43 Å². The van der Waals surface area contributed by atoms with Crippen molar-refractivity contribution < 1.29 is 4.74 Å². The van der Waals surface area contributed by atoms with Crippen LogP contribution in [0, 0.1) is 0 Å². The molecular formula is C13H20N6O. The van der Waals surface area contributed by atoms with Gasteiger partial charge in [-0.05, 0) is 13.8 Å². The molecule has 0 amide bonds. The normalized spacial score (nSPS) is 11.2. The summed E-state index contributed by atoms with van der Waals surface area (Å²) in [5.74, 6) is 7.87. The second-order valence-electron chi connectivity index (χ2n) is 5.10. The largest absolute Gasteiger partial charge is 0.436 e. The molecule has 2 rings (SSSR count). The second kappa shape index (κ2) is 5.87. The van der Waals surface area contributed by atoms with E-state index in [0.717, 1.165) is 0 Å². The number of hydrogen-bond acceptors (Lipinski definition) is 6. The Hall–Kier alpha value is -2.15. The zero-order valence-corrected chi connectivity index (χ0v) is 12.2. The standard InChI is InChI=1S/C13H20N6O/c1-8(2)13-16-11(18-14)5-12(17-13)20-10-6-15-19(7-10)9(3)4/h5-9H,14H2,1-4H3,(H,16,17,18). The number of anilines is 1. The zero-order valence-electron chi connectivity index (χ0n) is 12.2. The number of aromatic nitrogens is 4.